The van der Waals surface area contributed by atoms with Crippen molar-refractivity contribution in [3.8, 4) is 0 Å². The molecule has 0 fully saturated rings. The van der Waals surface area contributed by atoms with E-state index in [1.54, 1.807) is 20.8 Å². The number of amides is 1. The highest BCUT2D eigenvalue weighted by atomic mass is 79.9. The van der Waals surface area contributed by atoms with E-state index in [4.69, 9.17) is 4.74 Å². The van der Waals surface area contributed by atoms with E-state index in [9.17, 15) is 9.90 Å². The maximum atomic E-state index is 11.8. The molecule has 114 valence electrons. The summed E-state index contributed by atoms with van der Waals surface area (Å²) in [7, 11) is 0. The Bertz CT molecular complexity index is 648. The molecule has 0 radical (unpaired) electrons. The standard InChI is InChI=1S/C14H18BrN3O3/c1-14(2,3)21-13(20)18-11(7-19)12-16-9-5-4-8(15)6-10(9)17-12/h4-6,11,19H,7H2,1-3H3,(H,16,17)(H,18,20)/t11-/m0/s1. The third kappa shape index (κ3) is 4.18. The third-order valence-electron chi connectivity index (χ3n) is 2.67. The monoisotopic (exact) mass is 355 g/mol. The lowest BCUT2D eigenvalue weighted by Gasteiger charge is -2.22. The van der Waals surface area contributed by atoms with Gasteiger partial charge in [-0.25, -0.2) is 9.78 Å². The van der Waals surface area contributed by atoms with E-state index in [0.717, 1.165) is 15.5 Å². The molecule has 21 heavy (non-hydrogen) atoms. The fraction of sp³-hybridized carbons (Fsp3) is 0.429. The Kier molecular flexibility index (Phi) is 4.53. The third-order valence-corrected chi connectivity index (χ3v) is 3.16. The van der Waals surface area contributed by atoms with Crippen molar-refractivity contribution in [3.63, 3.8) is 0 Å². The molecule has 0 saturated heterocycles. The fourth-order valence-electron chi connectivity index (χ4n) is 1.82. The van der Waals surface area contributed by atoms with E-state index < -0.39 is 17.7 Å². The number of hydrogen-bond donors (Lipinski definition) is 3. The molecule has 7 heteroatoms. The second-order valence-electron chi connectivity index (χ2n) is 5.66. The number of alkyl carbamates (subject to hydrolysis) is 1. The van der Waals surface area contributed by atoms with Crippen LogP contribution >= 0.6 is 15.9 Å². The van der Waals surface area contributed by atoms with Crippen molar-refractivity contribution in [1.82, 2.24) is 15.3 Å². The second kappa shape index (κ2) is 6.03. The number of fused-ring (bicyclic) bond motifs is 1. The molecule has 1 aromatic heterocycles. The van der Waals surface area contributed by atoms with Gasteiger partial charge in [-0.15, -0.1) is 0 Å². The van der Waals surface area contributed by atoms with E-state index in [-0.39, 0.29) is 6.61 Å². The van der Waals surface area contributed by atoms with Crippen LogP contribution in [0.4, 0.5) is 4.79 Å². The highest BCUT2D eigenvalue weighted by Gasteiger charge is 2.22. The second-order valence-corrected chi connectivity index (χ2v) is 6.58. The summed E-state index contributed by atoms with van der Waals surface area (Å²) < 4.78 is 6.10. The summed E-state index contributed by atoms with van der Waals surface area (Å²) >= 11 is 3.38. The first-order valence-corrected chi connectivity index (χ1v) is 7.33. The van der Waals surface area contributed by atoms with E-state index >= 15 is 0 Å². The summed E-state index contributed by atoms with van der Waals surface area (Å²) in [5, 5.41) is 12.1. The number of aliphatic hydroxyl groups is 1. The fourth-order valence-corrected chi connectivity index (χ4v) is 2.18. The van der Waals surface area contributed by atoms with Crippen LogP contribution in [0.15, 0.2) is 22.7 Å². The van der Waals surface area contributed by atoms with Crippen molar-refractivity contribution in [1.29, 1.82) is 0 Å². The molecule has 2 rings (SSSR count). The van der Waals surface area contributed by atoms with Crippen LogP contribution in [0.25, 0.3) is 11.0 Å². The Balaban J connectivity index is 2.17. The number of rotatable bonds is 3. The van der Waals surface area contributed by atoms with Crippen molar-refractivity contribution in [2.75, 3.05) is 6.61 Å². The number of carbonyl (C=O) groups is 1. The molecule has 0 spiro atoms. The Hall–Kier alpha value is -1.60. The Labute approximate surface area is 131 Å². The van der Waals surface area contributed by atoms with E-state index in [1.165, 1.54) is 0 Å². The first-order chi connectivity index (χ1) is 9.78. The Morgan fingerprint density at radius 2 is 2.24 bits per heavy atom. The number of ether oxygens (including phenoxy) is 1. The predicted octanol–water partition coefficient (Wildman–Crippen LogP) is 2.88. The normalized spacial score (nSPS) is 13.2. The van der Waals surface area contributed by atoms with Gasteiger partial charge in [-0.1, -0.05) is 15.9 Å². The number of halogens is 1. The van der Waals surface area contributed by atoms with Gasteiger partial charge in [0.2, 0.25) is 0 Å². The average molecular weight is 356 g/mol. The summed E-state index contributed by atoms with van der Waals surface area (Å²) in [6.07, 6.45) is -0.594. The van der Waals surface area contributed by atoms with Crippen molar-refractivity contribution in [3.05, 3.63) is 28.5 Å². The van der Waals surface area contributed by atoms with Crippen LogP contribution in [0, 0.1) is 0 Å². The molecule has 1 heterocycles. The molecule has 6 nitrogen and oxygen atoms in total. The van der Waals surface area contributed by atoms with Gasteiger partial charge in [0.15, 0.2) is 0 Å². The number of carbonyl (C=O) groups excluding carboxylic acids is 1. The van der Waals surface area contributed by atoms with Crippen LogP contribution in [0.1, 0.15) is 32.6 Å². The zero-order valence-corrected chi connectivity index (χ0v) is 13.7. The topological polar surface area (TPSA) is 87.2 Å². The first kappa shape index (κ1) is 15.8. The number of aliphatic hydroxyl groups excluding tert-OH is 1. The van der Waals surface area contributed by atoms with Gasteiger partial charge in [0.1, 0.15) is 17.5 Å². The molecular weight excluding hydrogens is 338 g/mol. The zero-order chi connectivity index (χ0) is 15.6. The van der Waals surface area contributed by atoms with E-state index in [1.807, 2.05) is 18.2 Å². The lowest BCUT2D eigenvalue weighted by Crippen LogP contribution is -2.36. The van der Waals surface area contributed by atoms with Crippen LogP contribution in [0.3, 0.4) is 0 Å². The Morgan fingerprint density at radius 3 is 2.86 bits per heavy atom. The SMILES string of the molecule is CC(C)(C)OC(=O)N[C@@H](CO)c1nc2ccc(Br)cc2[nH]1. The lowest BCUT2D eigenvalue weighted by molar-refractivity contribution is 0.0478. The molecule has 0 unspecified atom stereocenters. The van der Waals surface area contributed by atoms with Gasteiger partial charge in [0.05, 0.1) is 17.6 Å². The number of H-pyrrole nitrogens is 1. The quantitative estimate of drug-likeness (QED) is 0.789. The summed E-state index contributed by atoms with van der Waals surface area (Å²) in [4.78, 5) is 19.2. The average Bonchev–Trinajstić information content (AvgIpc) is 2.76. The van der Waals surface area contributed by atoms with Gasteiger partial charge in [0.25, 0.3) is 0 Å². The van der Waals surface area contributed by atoms with Crippen molar-refractivity contribution in [2.24, 2.45) is 0 Å². The van der Waals surface area contributed by atoms with Crippen LogP contribution in [-0.4, -0.2) is 33.4 Å². The first-order valence-electron chi connectivity index (χ1n) is 6.54. The van der Waals surface area contributed by atoms with Crippen molar-refractivity contribution in [2.45, 2.75) is 32.4 Å². The molecule has 0 bridgehead atoms. The largest absolute Gasteiger partial charge is 0.444 e. The molecule has 0 aliphatic carbocycles. The summed E-state index contributed by atoms with van der Waals surface area (Å²) in [5.41, 5.74) is 0.990. The maximum absolute atomic E-state index is 11.8. The highest BCUT2D eigenvalue weighted by molar-refractivity contribution is 9.10. The smallest absolute Gasteiger partial charge is 0.408 e. The van der Waals surface area contributed by atoms with Crippen LogP contribution in [0.2, 0.25) is 0 Å². The van der Waals surface area contributed by atoms with Gasteiger partial charge in [0, 0.05) is 4.47 Å². The lowest BCUT2D eigenvalue weighted by atomic mass is 10.2. The summed E-state index contributed by atoms with van der Waals surface area (Å²) in [6, 6.07) is 4.96. The maximum Gasteiger partial charge on any atom is 0.408 e. The van der Waals surface area contributed by atoms with Gasteiger partial charge < -0.3 is 20.1 Å². The number of benzene rings is 1. The van der Waals surface area contributed by atoms with Crippen LogP contribution < -0.4 is 5.32 Å². The molecule has 0 aliphatic rings. The minimum Gasteiger partial charge on any atom is -0.444 e. The van der Waals surface area contributed by atoms with Crippen LogP contribution in [0.5, 0.6) is 0 Å². The number of nitrogens with zero attached hydrogens (tertiary/aromatic N) is 1. The molecular formula is C14H18BrN3O3. The summed E-state index contributed by atoms with van der Waals surface area (Å²) in [6.45, 7) is 5.05. The number of aromatic nitrogens is 2. The van der Waals surface area contributed by atoms with E-state index in [2.05, 4.69) is 31.2 Å². The number of nitrogens with one attached hydrogen (secondary N) is 2. The summed E-state index contributed by atoms with van der Waals surface area (Å²) in [5.74, 6) is 0.483. The number of imidazole rings is 1. The molecule has 0 saturated carbocycles. The minimum atomic E-state index is -0.647. The molecule has 1 amide bonds. The zero-order valence-electron chi connectivity index (χ0n) is 12.1. The van der Waals surface area contributed by atoms with Crippen molar-refractivity contribution >= 4 is 33.1 Å². The number of aromatic amines is 1. The van der Waals surface area contributed by atoms with Crippen molar-refractivity contribution < 1.29 is 14.6 Å². The van der Waals surface area contributed by atoms with E-state index in [0.29, 0.717) is 5.82 Å². The molecule has 2 aromatic rings. The molecule has 3 N–H and O–H groups in total. The highest BCUT2D eigenvalue weighted by Crippen LogP contribution is 2.20. The predicted molar refractivity (Wildman–Crippen MR) is 83.0 cm³/mol. The van der Waals surface area contributed by atoms with Gasteiger partial charge >= 0.3 is 6.09 Å². The molecule has 1 atom stereocenters. The Morgan fingerprint density at radius 1 is 1.52 bits per heavy atom. The van der Waals surface area contributed by atoms with Gasteiger partial charge in [-0.2, -0.15) is 0 Å². The molecule has 1 aromatic carbocycles. The van der Waals surface area contributed by atoms with Crippen LogP contribution in [-0.2, 0) is 4.74 Å². The number of hydrogen-bond acceptors (Lipinski definition) is 4. The van der Waals surface area contributed by atoms with Gasteiger partial charge in [-0.05, 0) is 39.0 Å². The van der Waals surface area contributed by atoms with Gasteiger partial charge in [-0.3, -0.25) is 0 Å². The minimum absolute atomic E-state index is 0.278. The molecule has 0 aliphatic heterocycles.